The van der Waals surface area contributed by atoms with Crippen LogP contribution in [0.4, 0.5) is 4.39 Å². The molecule has 0 aliphatic heterocycles. The molecule has 0 aliphatic carbocycles. The van der Waals surface area contributed by atoms with E-state index in [0.717, 1.165) is 5.56 Å². The van der Waals surface area contributed by atoms with Gasteiger partial charge in [-0.05, 0) is 13.0 Å². The predicted molar refractivity (Wildman–Crippen MR) is 58.9 cm³/mol. The molecule has 0 bridgehead atoms. The van der Waals surface area contributed by atoms with Crippen molar-refractivity contribution in [3.8, 4) is 0 Å². The molecule has 1 unspecified atom stereocenters. The molecular weight excluding hydrogens is 207 g/mol. The fraction of sp³-hybridized carbons (Fsp3) is 0.182. The third-order valence-corrected chi connectivity index (χ3v) is 2.42. The second-order valence-electron chi connectivity index (χ2n) is 3.60. The Hall–Kier alpha value is -1.72. The Kier molecular flexibility index (Phi) is 2.98. The molecule has 2 rings (SSSR count). The Balaban J connectivity index is 2.44. The van der Waals surface area contributed by atoms with Crippen LogP contribution in [0.2, 0.25) is 0 Å². The fourth-order valence-electron chi connectivity index (χ4n) is 1.64. The zero-order valence-electron chi connectivity index (χ0n) is 8.87. The molecule has 0 saturated carbocycles. The topological polar surface area (TPSA) is 66.7 Å². The lowest BCUT2D eigenvalue weighted by atomic mass is 10.0. The van der Waals surface area contributed by atoms with Gasteiger partial charge in [-0.15, -0.1) is 0 Å². The van der Waals surface area contributed by atoms with Crippen molar-refractivity contribution in [1.29, 1.82) is 0 Å². The van der Waals surface area contributed by atoms with E-state index in [4.69, 9.17) is 5.84 Å². The van der Waals surface area contributed by atoms with Crippen molar-refractivity contribution < 1.29 is 4.39 Å². The summed E-state index contributed by atoms with van der Waals surface area (Å²) in [7, 11) is 0. The van der Waals surface area contributed by atoms with Crippen LogP contribution in [-0.2, 0) is 0 Å². The van der Waals surface area contributed by atoms with Crippen LogP contribution in [-0.4, -0.2) is 9.97 Å². The van der Waals surface area contributed by atoms with Crippen LogP contribution in [0.3, 0.4) is 0 Å². The molecule has 0 aliphatic rings. The minimum Gasteiger partial charge on any atom is -0.347 e. The lowest BCUT2D eigenvalue weighted by Gasteiger charge is -2.15. The summed E-state index contributed by atoms with van der Waals surface area (Å²) in [6.45, 7) is 1.90. The average molecular weight is 220 g/mol. The van der Waals surface area contributed by atoms with E-state index >= 15 is 0 Å². The Labute approximate surface area is 92.7 Å². The molecular formula is C11H13FN4. The van der Waals surface area contributed by atoms with Crippen LogP contribution in [0.1, 0.15) is 23.0 Å². The van der Waals surface area contributed by atoms with Gasteiger partial charge in [-0.1, -0.05) is 17.7 Å². The molecule has 4 N–H and O–H groups in total. The molecule has 1 aromatic carbocycles. The lowest BCUT2D eigenvalue weighted by molar-refractivity contribution is 0.546. The summed E-state index contributed by atoms with van der Waals surface area (Å²) in [5.74, 6) is 5.73. The van der Waals surface area contributed by atoms with Gasteiger partial charge in [0, 0.05) is 18.0 Å². The van der Waals surface area contributed by atoms with Gasteiger partial charge in [-0.25, -0.2) is 14.8 Å². The van der Waals surface area contributed by atoms with E-state index in [1.54, 1.807) is 24.5 Å². The van der Waals surface area contributed by atoms with Gasteiger partial charge in [0.15, 0.2) is 0 Å². The van der Waals surface area contributed by atoms with Gasteiger partial charge >= 0.3 is 0 Å². The van der Waals surface area contributed by atoms with Crippen molar-refractivity contribution in [3.05, 3.63) is 53.4 Å². The molecule has 16 heavy (non-hydrogen) atoms. The number of aromatic nitrogens is 2. The quantitative estimate of drug-likeness (QED) is 0.541. The molecule has 2 aromatic rings. The smallest absolute Gasteiger partial charge is 0.129 e. The number of aromatic amines is 1. The molecule has 0 saturated heterocycles. The minimum atomic E-state index is -0.463. The average Bonchev–Trinajstić information content (AvgIpc) is 2.78. The number of hydrazine groups is 1. The first kappa shape index (κ1) is 10.8. The maximum Gasteiger partial charge on any atom is 0.129 e. The summed E-state index contributed by atoms with van der Waals surface area (Å²) in [4.78, 5) is 6.98. The van der Waals surface area contributed by atoms with E-state index in [1.807, 2.05) is 6.92 Å². The monoisotopic (exact) mass is 220 g/mol. The first-order valence-electron chi connectivity index (χ1n) is 4.94. The third kappa shape index (κ3) is 1.95. The normalized spacial score (nSPS) is 12.7. The number of H-pyrrole nitrogens is 1. The SMILES string of the molecule is Cc1ccc(F)c(C(NN)c2ncc[nH]2)c1. The van der Waals surface area contributed by atoms with E-state index in [-0.39, 0.29) is 5.82 Å². The van der Waals surface area contributed by atoms with E-state index in [0.29, 0.717) is 11.4 Å². The van der Waals surface area contributed by atoms with Gasteiger partial charge in [0.2, 0.25) is 0 Å². The van der Waals surface area contributed by atoms with Gasteiger partial charge in [-0.3, -0.25) is 5.84 Å². The molecule has 84 valence electrons. The van der Waals surface area contributed by atoms with E-state index < -0.39 is 6.04 Å². The summed E-state index contributed by atoms with van der Waals surface area (Å²) < 4.78 is 13.7. The largest absolute Gasteiger partial charge is 0.347 e. The Morgan fingerprint density at radius 1 is 1.50 bits per heavy atom. The first-order chi connectivity index (χ1) is 7.72. The van der Waals surface area contributed by atoms with Gasteiger partial charge in [0.25, 0.3) is 0 Å². The molecule has 1 aromatic heterocycles. The van der Waals surface area contributed by atoms with Gasteiger partial charge in [0.05, 0.1) is 0 Å². The van der Waals surface area contributed by atoms with Crippen molar-refractivity contribution in [2.45, 2.75) is 13.0 Å². The predicted octanol–water partition coefficient (Wildman–Crippen LogP) is 1.41. The Morgan fingerprint density at radius 3 is 2.94 bits per heavy atom. The molecule has 1 atom stereocenters. The maximum absolute atomic E-state index is 13.7. The summed E-state index contributed by atoms with van der Waals surface area (Å²) in [5.41, 5.74) is 4.01. The third-order valence-electron chi connectivity index (χ3n) is 2.42. The van der Waals surface area contributed by atoms with Gasteiger partial charge in [-0.2, -0.15) is 0 Å². The van der Waals surface area contributed by atoms with Gasteiger partial charge < -0.3 is 4.98 Å². The summed E-state index contributed by atoms with van der Waals surface area (Å²) in [6, 6.07) is 4.43. The fourth-order valence-corrected chi connectivity index (χ4v) is 1.64. The van der Waals surface area contributed by atoms with Crippen molar-refractivity contribution in [2.75, 3.05) is 0 Å². The van der Waals surface area contributed by atoms with Crippen LogP contribution in [0, 0.1) is 12.7 Å². The number of aryl methyl sites for hydroxylation is 1. The summed E-state index contributed by atoms with van der Waals surface area (Å²) >= 11 is 0. The van der Waals surface area contributed by atoms with Crippen LogP contribution >= 0.6 is 0 Å². The minimum absolute atomic E-state index is 0.301. The standard InChI is InChI=1S/C11H13FN4/c1-7-2-3-9(12)8(6-7)10(16-13)11-14-4-5-15-11/h2-6,10,16H,13H2,1H3,(H,14,15). The van der Waals surface area contributed by atoms with Crippen LogP contribution < -0.4 is 11.3 Å². The van der Waals surface area contributed by atoms with Crippen molar-refractivity contribution >= 4 is 0 Å². The molecule has 5 heteroatoms. The highest BCUT2D eigenvalue weighted by Gasteiger charge is 2.18. The number of hydrogen-bond acceptors (Lipinski definition) is 3. The molecule has 0 radical (unpaired) electrons. The first-order valence-corrected chi connectivity index (χ1v) is 4.94. The highest BCUT2D eigenvalue weighted by atomic mass is 19.1. The molecule has 0 fully saturated rings. The highest BCUT2D eigenvalue weighted by molar-refractivity contribution is 5.30. The van der Waals surface area contributed by atoms with E-state index in [9.17, 15) is 4.39 Å². The Morgan fingerprint density at radius 2 is 2.31 bits per heavy atom. The second kappa shape index (κ2) is 4.42. The number of rotatable bonds is 3. The molecule has 0 spiro atoms. The molecule has 1 heterocycles. The van der Waals surface area contributed by atoms with Gasteiger partial charge in [0.1, 0.15) is 17.7 Å². The zero-order valence-corrected chi connectivity index (χ0v) is 8.87. The highest BCUT2D eigenvalue weighted by Crippen LogP contribution is 2.22. The number of imidazole rings is 1. The number of halogens is 1. The van der Waals surface area contributed by atoms with Crippen LogP contribution in [0.15, 0.2) is 30.6 Å². The van der Waals surface area contributed by atoms with Crippen molar-refractivity contribution in [1.82, 2.24) is 15.4 Å². The summed E-state index contributed by atoms with van der Waals surface area (Å²) in [6.07, 6.45) is 3.28. The molecule has 4 nitrogen and oxygen atoms in total. The number of hydrogen-bond donors (Lipinski definition) is 3. The molecule has 0 amide bonds. The number of benzene rings is 1. The lowest BCUT2D eigenvalue weighted by Crippen LogP contribution is -2.30. The number of nitrogens with zero attached hydrogens (tertiary/aromatic N) is 1. The van der Waals surface area contributed by atoms with E-state index in [1.165, 1.54) is 6.07 Å². The van der Waals surface area contributed by atoms with Crippen LogP contribution in [0.5, 0.6) is 0 Å². The van der Waals surface area contributed by atoms with Crippen LogP contribution in [0.25, 0.3) is 0 Å². The van der Waals surface area contributed by atoms with E-state index in [2.05, 4.69) is 15.4 Å². The zero-order chi connectivity index (χ0) is 11.5. The second-order valence-corrected chi connectivity index (χ2v) is 3.60. The number of nitrogens with two attached hydrogens (primary N) is 1. The van der Waals surface area contributed by atoms with Crippen molar-refractivity contribution in [3.63, 3.8) is 0 Å². The van der Waals surface area contributed by atoms with Crippen molar-refractivity contribution in [2.24, 2.45) is 5.84 Å². The number of nitrogens with one attached hydrogen (secondary N) is 2. The maximum atomic E-state index is 13.7. The summed E-state index contributed by atoms with van der Waals surface area (Å²) in [5, 5.41) is 0. The Bertz CT molecular complexity index is 467.